The molecule has 0 saturated heterocycles. The molecule has 0 aromatic carbocycles. The zero-order valence-corrected chi connectivity index (χ0v) is 16.4. The van der Waals surface area contributed by atoms with Gasteiger partial charge in [-0.1, -0.05) is 7.43 Å². The van der Waals surface area contributed by atoms with Gasteiger partial charge in [0.15, 0.2) is 0 Å². The molecule has 0 aliphatic heterocycles. The first-order valence-corrected chi connectivity index (χ1v) is 6.00. The van der Waals surface area contributed by atoms with Crippen LogP contribution in [0.25, 0.3) is 0 Å². The van der Waals surface area contributed by atoms with Crippen molar-refractivity contribution in [3.05, 3.63) is 0 Å². The van der Waals surface area contributed by atoms with Crippen LogP contribution in [-0.2, 0) is 31.2 Å². The molecule has 0 aromatic heterocycles. The maximum absolute atomic E-state index is 8.52. The van der Waals surface area contributed by atoms with Crippen molar-refractivity contribution in [3.8, 4) is 0 Å². The van der Waals surface area contributed by atoms with Crippen LogP contribution in [0.15, 0.2) is 0 Å². The first-order valence-electron chi connectivity index (χ1n) is 2.00. The zero-order valence-electron chi connectivity index (χ0n) is 7.02. The van der Waals surface area contributed by atoms with Crippen molar-refractivity contribution in [2.24, 2.45) is 0 Å². The van der Waals surface area contributed by atoms with Gasteiger partial charge in [0.05, 0.1) is 0 Å². The van der Waals surface area contributed by atoms with E-state index < -0.39 is 31.2 Å². The molecule has 0 unspecified atom stereocenters. The summed E-state index contributed by atoms with van der Waals surface area (Å²) in [4.78, 5) is 0. The molecule has 0 aromatic rings. The van der Waals surface area contributed by atoms with Crippen LogP contribution < -0.4 is 0 Å². The molecule has 0 amide bonds. The molecule has 0 saturated carbocycles. The predicted octanol–water partition coefficient (Wildman–Crippen LogP) is -4.14. The average molecular weight is 722 g/mol. The number of hydrogen-bond donors (Lipinski definition) is 0. The van der Waals surface area contributed by atoms with Gasteiger partial charge < -0.3 is 27.3 Å². The summed E-state index contributed by atoms with van der Waals surface area (Å²) in [5, 5.41) is 0. The SMILES string of the molecule is C.O=S(=O)([O-])[O-].O=S(=O)([O-])[O-].O=S(=O)([O-])[O-].[Bi+3].[Bi+3]. The van der Waals surface area contributed by atoms with Gasteiger partial charge in [0.25, 0.3) is 0 Å². The summed E-state index contributed by atoms with van der Waals surface area (Å²) in [6.07, 6.45) is 0. The fourth-order valence-electron chi connectivity index (χ4n) is 0. The number of hydrogen-bond acceptors (Lipinski definition) is 12. The van der Waals surface area contributed by atoms with Gasteiger partial charge in [-0.15, -0.1) is 0 Å². The van der Waals surface area contributed by atoms with Gasteiger partial charge in [-0.2, -0.15) is 0 Å². The third-order valence-electron chi connectivity index (χ3n) is 0. The van der Waals surface area contributed by atoms with Gasteiger partial charge in [0.2, 0.25) is 0 Å². The molecule has 0 heterocycles. The Hall–Kier alpha value is 1.38. The topological polar surface area (TPSA) is 241 Å². The maximum atomic E-state index is 8.52. The first kappa shape index (κ1) is 36.6. The molecule has 0 bridgehead atoms. The summed E-state index contributed by atoms with van der Waals surface area (Å²) in [6.45, 7) is 0. The standard InChI is InChI=1S/CH4.2Bi.3H2O4S/c;;;3*1-5(2,3)4/h1H4;;;3*(H2,1,2,3,4)/q;2*+3;;;/p-6. The summed E-state index contributed by atoms with van der Waals surface area (Å²) >= 11 is 0. The Bertz CT molecular complexity index is 346. The third-order valence-corrected chi connectivity index (χ3v) is 0. The van der Waals surface area contributed by atoms with E-state index in [1.165, 1.54) is 0 Å². The Morgan fingerprint density at radius 2 is 0.444 bits per heavy atom. The normalized spacial score (nSPS) is 9.67. The zero-order chi connectivity index (χ0) is 13.5. The Kier molecular flexibility index (Phi) is 30.0. The molecule has 17 heteroatoms. The largest absolute Gasteiger partial charge is 3.00 e. The van der Waals surface area contributed by atoms with Crippen LogP contribution in [0.1, 0.15) is 7.43 Å². The summed E-state index contributed by atoms with van der Waals surface area (Å²) in [7, 11) is -15.5. The molecule has 0 spiro atoms. The Morgan fingerprint density at radius 3 is 0.444 bits per heavy atom. The van der Waals surface area contributed by atoms with Crippen LogP contribution in [0.3, 0.4) is 0 Å². The van der Waals surface area contributed by atoms with Crippen LogP contribution >= 0.6 is 0 Å². The smallest absolute Gasteiger partial charge is 0.759 e. The van der Waals surface area contributed by atoms with E-state index in [1.807, 2.05) is 0 Å². The second-order valence-electron chi connectivity index (χ2n) is 1.22. The van der Waals surface area contributed by atoms with Crippen LogP contribution in [0.2, 0.25) is 0 Å². The Morgan fingerprint density at radius 1 is 0.444 bits per heavy atom. The third kappa shape index (κ3) is 2460. The minimum Gasteiger partial charge on any atom is -0.759 e. The molecule has 0 aliphatic carbocycles. The fraction of sp³-hybridized carbons (Fsp3) is 1.00. The Labute approximate surface area is 142 Å². The van der Waals surface area contributed by atoms with Crippen LogP contribution in [-0.4, -0.2) is 105 Å². The van der Waals surface area contributed by atoms with Crippen molar-refractivity contribution >= 4 is 83.6 Å². The quantitative estimate of drug-likeness (QED) is 0.132. The molecule has 0 atom stereocenters. The Balaban J connectivity index is -0.0000000277. The molecular formula is CH4Bi2O12S3. The minimum absolute atomic E-state index is 0. The van der Waals surface area contributed by atoms with Crippen molar-refractivity contribution < 1.29 is 52.6 Å². The summed E-state index contributed by atoms with van der Waals surface area (Å²) in [5.74, 6) is 0. The van der Waals surface area contributed by atoms with E-state index in [9.17, 15) is 0 Å². The molecule has 0 N–H and O–H groups in total. The van der Waals surface area contributed by atoms with Gasteiger partial charge in [0, 0.05) is 31.2 Å². The van der Waals surface area contributed by atoms with Crippen molar-refractivity contribution in [3.63, 3.8) is 0 Å². The van der Waals surface area contributed by atoms with Crippen molar-refractivity contribution in [1.82, 2.24) is 0 Å². The molecule has 0 rings (SSSR count). The molecule has 0 aliphatic rings. The molecule has 4 radical (unpaired) electrons. The fourth-order valence-corrected chi connectivity index (χ4v) is 0. The number of rotatable bonds is 0. The molecule has 0 fully saturated rings. The summed E-state index contributed by atoms with van der Waals surface area (Å²) in [6, 6.07) is 0. The van der Waals surface area contributed by atoms with Crippen molar-refractivity contribution in [2.45, 2.75) is 7.43 Å². The van der Waals surface area contributed by atoms with Gasteiger partial charge in [-0.25, -0.2) is 0 Å². The van der Waals surface area contributed by atoms with Crippen LogP contribution in [0.4, 0.5) is 0 Å². The summed E-state index contributed by atoms with van der Waals surface area (Å²) < 4.78 is 102. The summed E-state index contributed by atoms with van der Waals surface area (Å²) in [5.41, 5.74) is 0. The van der Waals surface area contributed by atoms with Gasteiger partial charge in [-0.05, 0) is 0 Å². The van der Waals surface area contributed by atoms with E-state index in [-0.39, 0.29) is 59.8 Å². The van der Waals surface area contributed by atoms with Crippen molar-refractivity contribution in [1.29, 1.82) is 0 Å². The van der Waals surface area contributed by atoms with E-state index in [4.69, 9.17) is 52.6 Å². The van der Waals surface area contributed by atoms with Crippen LogP contribution in [0, 0.1) is 0 Å². The molecule has 12 nitrogen and oxygen atoms in total. The molecule has 18 heavy (non-hydrogen) atoms. The van der Waals surface area contributed by atoms with E-state index in [2.05, 4.69) is 0 Å². The van der Waals surface area contributed by atoms with Gasteiger partial charge in [-0.3, -0.25) is 25.3 Å². The predicted molar refractivity (Wildman–Crippen MR) is 49.7 cm³/mol. The van der Waals surface area contributed by atoms with Crippen LogP contribution in [0.5, 0.6) is 0 Å². The van der Waals surface area contributed by atoms with E-state index in [1.54, 1.807) is 0 Å². The van der Waals surface area contributed by atoms with E-state index in [0.717, 1.165) is 0 Å². The van der Waals surface area contributed by atoms with E-state index >= 15 is 0 Å². The maximum Gasteiger partial charge on any atom is 3.00 e. The monoisotopic (exact) mass is 722 g/mol. The second-order valence-corrected chi connectivity index (χ2v) is 3.67. The van der Waals surface area contributed by atoms with Gasteiger partial charge >= 0.3 is 52.4 Å². The molecular weight excluding hydrogens is 718 g/mol. The van der Waals surface area contributed by atoms with Crippen molar-refractivity contribution in [2.75, 3.05) is 0 Å². The minimum atomic E-state index is -5.17. The first-order chi connectivity index (χ1) is 6.00. The average Bonchev–Trinajstić information content (AvgIpc) is 1.41. The van der Waals surface area contributed by atoms with Gasteiger partial charge in [0.1, 0.15) is 0 Å². The van der Waals surface area contributed by atoms with E-state index in [0.29, 0.717) is 0 Å². The second kappa shape index (κ2) is 14.8. The molecule has 108 valence electrons.